The summed E-state index contributed by atoms with van der Waals surface area (Å²) >= 11 is 0. The molecular formula is C37H26N2O. The Kier molecular flexibility index (Phi) is 5.11. The molecule has 0 saturated heterocycles. The summed E-state index contributed by atoms with van der Waals surface area (Å²) < 4.78 is 4.69. The second kappa shape index (κ2) is 8.96. The van der Waals surface area contributed by atoms with Gasteiger partial charge in [0, 0.05) is 44.7 Å². The first-order valence-electron chi connectivity index (χ1n) is 13.7. The zero-order valence-electron chi connectivity index (χ0n) is 21.9. The van der Waals surface area contributed by atoms with Crippen LogP contribution in [-0.4, -0.2) is 15.4 Å². The van der Waals surface area contributed by atoms with Gasteiger partial charge >= 0.3 is 0 Å². The maximum Gasteiger partial charge on any atom is 0.150 e. The summed E-state index contributed by atoms with van der Waals surface area (Å²) in [5.41, 5.74) is 10.5. The van der Waals surface area contributed by atoms with Crippen LogP contribution in [0.2, 0.25) is 0 Å². The van der Waals surface area contributed by atoms with Crippen molar-refractivity contribution in [3.05, 3.63) is 150 Å². The third kappa shape index (κ3) is 3.41. The molecule has 7 aromatic rings. The minimum atomic E-state index is 0.293. The van der Waals surface area contributed by atoms with Gasteiger partial charge in [-0.05, 0) is 84.3 Å². The number of hydrogen-bond acceptors (Lipinski definition) is 1. The molecule has 2 aromatic heterocycles. The Balaban J connectivity index is 1.26. The SMILES string of the molecule is O=Cc1ccc(-n2c3ccccc3c3cc(C4C=Cc5c(c6ccccc6n5-c5ccccc5)C4)ccc32)cc1. The van der Waals surface area contributed by atoms with Gasteiger partial charge in [0.2, 0.25) is 0 Å². The lowest BCUT2D eigenvalue weighted by atomic mass is 9.86. The fourth-order valence-electron chi connectivity index (χ4n) is 6.50. The molecule has 0 bridgehead atoms. The molecule has 0 N–H and O–H groups in total. The van der Waals surface area contributed by atoms with Crippen molar-refractivity contribution in [3.63, 3.8) is 0 Å². The Labute approximate surface area is 232 Å². The van der Waals surface area contributed by atoms with Gasteiger partial charge < -0.3 is 9.13 Å². The first-order chi connectivity index (χ1) is 19.8. The molecule has 3 nitrogen and oxygen atoms in total. The molecule has 0 amide bonds. The summed E-state index contributed by atoms with van der Waals surface area (Å²) in [5.74, 6) is 0.293. The Hall–Kier alpha value is -5.15. The molecule has 0 fully saturated rings. The van der Waals surface area contributed by atoms with E-state index in [1.54, 1.807) is 0 Å². The fraction of sp³-hybridized carbons (Fsp3) is 0.0541. The van der Waals surface area contributed by atoms with Gasteiger partial charge in [-0.15, -0.1) is 0 Å². The highest BCUT2D eigenvalue weighted by Gasteiger charge is 2.24. The van der Waals surface area contributed by atoms with Crippen molar-refractivity contribution in [2.45, 2.75) is 12.3 Å². The number of allylic oxidation sites excluding steroid dienone is 1. The van der Waals surface area contributed by atoms with Crippen LogP contribution >= 0.6 is 0 Å². The summed E-state index contributed by atoms with van der Waals surface area (Å²) in [6, 6.07) is 42.7. The van der Waals surface area contributed by atoms with Crippen LogP contribution in [0.5, 0.6) is 0 Å². The third-order valence-corrected chi connectivity index (χ3v) is 8.36. The predicted octanol–water partition coefficient (Wildman–Crippen LogP) is 8.89. The Bertz CT molecular complexity index is 2090. The van der Waals surface area contributed by atoms with E-state index in [9.17, 15) is 4.79 Å². The molecule has 1 unspecified atom stereocenters. The van der Waals surface area contributed by atoms with Gasteiger partial charge in [-0.1, -0.05) is 66.7 Å². The minimum absolute atomic E-state index is 0.293. The molecule has 3 heteroatoms. The normalized spacial score (nSPS) is 14.7. The lowest BCUT2D eigenvalue weighted by Gasteiger charge is -2.20. The van der Waals surface area contributed by atoms with E-state index in [1.165, 1.54) is 55.2 Å². The number of para-hydroxylation sites is 3. The van der Waals surface area contributed by atoms with Crippen molar-refractivity contribution in [2.75, 3.05) is 0 Å². The van der Waals surface area contributed by atoms with Crippen LogP contribution in [0.4, 0.5) is 0 Å². The molecule has 8 rings (SSSR count). The van der Waals surface area contributed by atoms with E-state index in [0.717, 1.165) is 18.4 Å². The maximum absolute atomic E-state index is 11.2. The van der Waals surface area contributed by atoms with Crippen LogP contribution in [0.1, 0.15) is 33.1 Å². The smallest absolute Gasteiger partial charge is 0.150 e. The van der Waals surface area contributed by atoms with Crippen molar-refractivity contribution >= 4 is 45.1 Å². The van der Waals surface area contributed by atoms with E-state index in [1.807, 2.05) is 24.3 Å². The number of nitrogens with zero attached hydrogens (tertiary/aromatic N) is 2. The first kappa shape index (κ1) is 22.8. The Morgan fingerprint density at radius 3 is 2.02 bits per heavy atom. The third-order valence-electron chi connectivity index (χ3n) is 8.36. The number of aromatic nitrogens is 2. The maximum atomic E-state index is 11.2. The monoisotopic (exact) mass is 514 g/mol. The zero-order valence-corrected chi connectivity index (χ0v) is 21.9. The van der Waals surface area contributed by atoms with Crippen LogP contribution in [0.25, 0.3) is 50.2 Å². The number of rotatable bonds is 4. The highest BCUT2D eigenvalue weighted by atomic mass is 16.1. The van der Waals surface area contributed by atoms with Crippen molar-refractivity contribution in [1.29, 1.82) is 0 Å². The van der Waals surface area contributed by atoms with Gasteiger partial charge in [-0.3, -0.25) is 4.79 Å². The van der Waals surface area contributed by atoms with Crippen molar-refractivity contribution in [3.8, 4) is 11.4 Å². The summed E-state index contributed by atoms with van der Waals surface area (Å²) in [6.07, 6.45) is 6.55. The van der Waals surface area contributed by atoms with Gasteiger partial charge in [-0.25, -0.2) is 0 Å². The van der Waals surface area contributed by atoms with Crippen LogP contribution < -0.4 is 0 Å². The van der Waals surface area contributed by atoms with Crippen LogP contribution in [0.15, 0.2) is 127 Å². The molecule has 2 heterocycles. The van der Waals surface area contributed by atoms with Gasteiger partial charge in [0.15, 0.2) is 0 Å². The summed E-state index contributed by atoms with van der Waals surface area (Å²) in [5, 5.41) is 3.81. The standard InChI is InChI=1S/C37H26N2O/c40-24-25-14-18-29(19-15-25)39-35-13-7-5-11-31(35)33-23-27(17-21-37(33)39)26-16-20-36-32(22-26)30-10-4-6-12-34(30)38(36)28-8-2-1-3-9-28/h1-21,23-24,26H,22H2. The van der Waals surface area contributed by atoms with E-state index in [0.29, 0.717) is 11.5 Å². The number of hydrogen-bond donors (Lipinski definition) is 0. The quantitative estimate of drug-likeness (QED) is 0.215. The molecule has 190 valence electrons. The van der Waals surface area contributed by atoms with Gasteiger partial charge in [0.25, 0.3) is 0 Å². The van der Waals surface area contributed by atoms with Gasteiger partial charge in [-0.2, -0.15) is 0 Å². The fourth-order valence-corrected chi connectivity index (χ4v) is 6.50. The number of benzene rings is 5. The second-order valence-electron chi connectivity index (χ2n) is 10.6. The molecule has 0 aliphatic heterocycles. The molecule has 0 saturated carbocycles. The lowest BCUT2D eigenvalue weighted by Crippen LogP contribution is -2.07. The molecule has 0 spiro atoms. The predicted molar refractivity (Wildman–Crippen MR) is 165 cm³/mol. The second-order valence-corrected chi connectivity index (χ2v) is 10.6. The van der Waals surface area contributed by atoms with Crippen LogP contribution in [-0.2, 0) is 6.42 Å². The Morgan fingerprint density at radius 1 is 0.600 bits per heavy atom. The highest BCUT2D eigenvalue weighted by Crippen LogP contribution is 2.40. The molecule has 1 atom stereocenters. The van der Waals surface area contributed by atoms with Crippen LogP contribution in [0.3, 0.4) is 0 Å². The first-order valence-corrected chi connectivity index (χ1v) is 13.7. The highest BCUT2D eigenvalue weighted by molar-refractivity contribution is 6.09. The van der Waals surface area contributed by atoms with E-state index < -0.39 is 0 Å². The van der Waals surface area contributed by atoms with E-state index in [4.69, 9.17) is 0 Å². The molecular weight excluding hydrogens is 488 g/mol. The number of fused-ring (bicyclic) bond motifs is 6. The Morgan fingerprint density at radius 2 is 1.25 bits per heavy atom. The summed E-state index contributed by atoms with van der Waals surface area (Å²) in [4.78, 5) is 11.2. The molecule has 1 aliphatic rings. The number of carbonyl (C=O) groups excluding carboxylic acids is 1. The minimum Gasteiger partial charge on any atom is -0.310 e. The lowest BCUT2D eigenvalue weighted by molar-refractivity contribution is 0.112. The van der Waals surface area contributed by atoms with E-state index in [2.05, 4.69) is 118 Å². The van der Waals surface area contributed by atoms with Crippen LogP contribution in [0, 0.1) is 0 Å². The van der Waals surface area contributed by atoms with Crippen molar-refractivity contribution in [2.24, 2.45) is 0 Å². The topological polar surface area (TPSA) is 26.9 Å². The van der Waals surface area contributed by atoms with Crippen molar-refractivity contribution in [1.82, 2.24) is 9.13 Å². The summed E-state index contributed by atoms with van der Waals surface area (Å²) in [7, 11) is 0. The number of carbonyl (C=O) groups is 1. The molecule has 5 aromatic carbocycles. The van der Waals surface area contributed by atoms with Gasteiger partial charge in [0.05, 0.1) is 16.6 Å². The summed E-state index contributed by atoms with van der Waals surface area (Å²) in [6.45, 7) is 0. The number of aldehydes is 1. The molecule has 40 heavy (non-hydrogen) atoms. The average Bonchev–Trinajstić information content (AvgIpc) is 3.54. The molecule has 0 radical (unpaired) electrons. The van der Waals surface area contributed by atoms with E-state index in [-0.39, 0.29) is 0 Å². The average molecular weight is 515 g/mol. The van der Waals surface area contributed by atoms with Gasteiger partial charge in [0.1, 0.15) is 6.29 Å². The molecule has 1 aliphatic carbocycles. The van der Waals surface area contributed by atoms with E-state index >= 15 is 0 Å². The van der Waals surface area contributed by atoms with Crippen molar-refractivity contribution < 1.29 is 4.79 Å². The zero-order chi connectivity index (χ0) is 26.6. The largest absolute Gasteiger partial charge is 0.310 e.